The van der Waals surface area contributed by atoms with E-state index in [0.717, 1.165) is 30.3 Å². The van der Waals surface area contributed by atoms with Gasteiger partial charge in [-0.05, 0) is 44.2 Å². The van der Waals surface area contributed by atoms with Gasteiger partial charge in [-0.25, -0.2) is 0 Å². The van der Waals surface area contributed by atoms with Crippen molar-refractivity contribution in [1.82, 2.24) is 15.1 Å². The van der Waals surface area contributed by atoms with Crippen LogP contribution in [0.5, 0.6) is 11.5 Å². The van der Waals surface area contributed by atoms with E-state index < -0.39 is 0 Å². The number of aromatic nitrogens is 2. The lowest BCUT2D eigenvalue weighted by Crippen LogP contribution is -2.26. The molecule has 1 aromatic carbocycles. The van der Waals surface area contributed by atoms with E-state index in [1.165, 1.54) is 11.3 Å². The molecular formula is C16H21N3O2. The third-order valence-corrected chi connectivity index (χ3v) is 3.71. The molecule has 2 heterocycles. The maximum absolute atomic E-state index is 5.47. The molecule has 0 saturated heterocycles. The number of hydrogen-bond donors (Lipinski definition) is 1. The van der Waals surface area contributed by atoms with Crippen LogP contribution in [0, 0.1) is 13.8 Å². The Labute approximate surface area is 124 Å². The van der Waals surface area contributed by atoms with E-state index in [1.807, 2.05) is 17.7 Å². The lowest BCUT2D eigenvalue weighted by Gasteiger charge is -2.19. The van der Waals surface area contributed by atoms with Gasteiger partial charge in [-0.1, -0.05) is 13.0 Å². The Morgan fingerprint density at radius 1 is 1.24 bits per heavy atom. The fourth-order valence-electron chi connectivity index (χ4n) is 2.70. The molecule has 1 unspecified atom stereocenters. The van der Waals surface area contributed by atoms with Crippen LogP contribution in [-0.4, -0.2) is 23.1 Å². The van der Waals surface area contributed by atoms with Crippen molar-refractivity contribution < 1.29 is 9.47 Å². The minimum atomic E-state index is 0.197. The van der Waals surface area contributed by atoms with E-state index >= 15 is 0 Å². The predicted octanol–water partition coefficient (Wildman–Crippen LogP) is 2.58. The second-order valence-electron chi connectivity index (χ2n) is 5.33. The van der Waals surface area contributed by atoms with Gasteiger partial charge < -0.3 is 14.8 Å². The van der Waals surface area contributed by atoms with Crippen LogP contribution in [0.2, 0.25) is 0 Å². The van der Waals surface area contributed by atoms with E-state index in [2.05, 4.69) is 42.5 Å². The minimum Gasteiger partial charge on any atom is -0.454 e. The van der Waals surface area contributed by atoms with Crippen molar-refractivity contribution in [3.8, 4) is 11.5 Å². The van der Waals surface area contributed by atoms with E-state index in [4.69, 9.17) is 9.47 Å². The third kappa shape index (κ3) is 2.88. The number of likely N-dealkylation sites (N-methyl/N-ethyl adjacent to an activating group) is 1. The molecule has 21 heavy (non-hydrogen) atoms. The van der Waals surface area contributed by atoms with Gasteiger partial charge in [0.15, 0.2) is 11.5 Å². The van der Waals surface area contributed by atoms with Crippen molar-refractivity contribution in [3.63, 3.8) is 0 Å². The third-order valence-electron chi connectivity index (χ3n) is 3.71. The Morgan fingerprint density at radius 2 is 2.05 bits per heavy atom. The first-order valence-corrected chi connectivity index (χ1v) is 7.31. The van der Waals surface area contributed by atoms with E-state index in [1.54, 1.807) is 0 Å². The zero-order valence-electron chi connectivity index (χ0n) is 12.7. The summed E-state index contributed by atoms with van der Waals surface area (Å²) in [5.41, 5.74) is 3.42. The Kier molecular flexibility index (Phi) is 3.84. The molecule has 1 aromatic heterocycles. The summed E-state index contributed by atoms with van der Waals surface area (Å²) >= 11 is 0. The van der Waals surface area contributed by atoms with Gasteiger partial charge in [0.2, 0.25) is 6.79 Å². The molecule has 3 rings (SSSR count). The predicted molar refractivity (Wildman–Crippen MR) is 80.7 cm³/mol. The smallest absolute Gasteiger partial charge is 0.231 e. The molecule has 0 spiro atoms. The SMILES string of the molecule is CCNC(Cn1nc(C)cc1C)c1ccc2c(c1)OCO2. The van der Waals surface area contributed by atoms with Crippen LogP contribution < -0.4 is 14.8 Å². The second kappa shape index (κ2) is 5.77. The Morgan fingerprint density at radius 3 is 2.76 bits per heavy atom. The molecule has 0 saturated carbocycles. The molecule has 0 radical (unpaired) electrons. The van der Waals surface area contributed by atoms with Crippen LogP contribution in [0.1, 0.15) is 29.9 Å². The number of rotatable bonds is 5. The van der Waals surface area contributed by atoms with Crippen molar-refractivity contribution in [2.75, 3.05) is 13.3 Å². The Hall–Kier alpha value is -2.01. The van der Waals surface area contributed by atoms with Gasteiger partial charge in [-0.3, -0.25) is 4.68 Å². The number of nitrogens with zero attached hydrogens (tertiary/aromatic N) is 2. The van der Waals surface area contributed by atoms with Crippen LogP contribution in [0.25, 0.3) is 0 Å². The zero-order chi connectivity index (χ0) is 14.8. The first-order valence-electron chi connectivity index (χ1n) is 7.31. The molecule has 5 nitrogen and oxygen atoms in total. The highest BCUT2D eigenvalue weighted by atomic mass is 16.7. The van der Waals surface area contributed by atoms with E-state index in [-0.39, 0.29) is 6.04 Å². The lowest BCUT2D eigenvalue weighted by atomic mass is 10.1. The summed E-state index contributed by atoms with van der Waals surface area (Å²) in [6.07, 6.45) is 0. The van der Waals surface area contributed by atoms with Gasteiger partial charge in [0, 0.05) is 5.69 Å². The highest BCUT2D eigenvalue weighted by Gasteiger charge is 2.18. The van der Waals surface area contributed by atoms with Gasteiger partial charge >= 0.3 is 0 Å². The molecule has 1 N–H and O–H groups in total. The van der Waals surface area contributed by atoms with Crippen LogP contribution in [0.4, 0.5) is 0 Å². The number of ether oxygens (including phenoxy) is 2. The fraction of sp³-hybridized carbons (Fsp3) is 0.438. The topological polar surface area (TPSA) is 48.3 Å². The number of nitrogens with one attached hydrogen (secondary N) is 1. The molecular weight excluding hydrogens is 266 g/mol. The summed E-state index contributed by atoms with van der Waals surface area (Å²) in [7, 11) is 0. The summed E-state index contributed by atoms with van der Waals surface area (Å²) in [6.45, 7) is 8.23. The van der Waals surface area contributed by atoms with Crippen molar-refractivity contribution in [3.05, 3.63) is 41.2 Å². The molecule has 5 heteroatoms. The normalized spacial score (nSPS) is 14.4. The molecule has 1 aliphatic rings. The summed E-state index contributed by atoms with van der Waals surface area (Å²) in [5, 5.41) is 8.07. The van der Waals surface area contributed by atoms with Crippen molar-refractivity contribution in [2.24, 2.45) is 0 Å². The van der Waals surface area contributed by atoms with Crippen LogP contribution >= 0.6 is 0 Å². The highest BCUT2D eigenvalue weighted by molar-refractivity contribution is 5.45. The molecule has 2 aromatic rings. The fourth-order valence-corrected chi connectivity index (χ4v) is 2.70. The summed E-state index contributed by atoms with van der Waals surface area (Å²) in [6, 6.07) is 8.42. The Bertz CT molecular complexity index is 636. The van der Waals surface area contributed by atoms with Crippen LogP contribution in [0.15, 0.2) is 24.3 Å². The van der Waals surface area contributed by atoms with Crippen LogP contribution in [-0.2, 0) is 6.54 Å². The molecule has 0 amide bonds. The lowest BCUT2D eigenvalue weighted by molar-refractivity contribution is 0.174. The standard InChI is InChI=1S/C16H21N3O2/c1-4-17-14(9-19-12(3)7-11(2)18-19)13-5-6-15-16(8-13)21-10-20-15/h5-8,14,17H,4,9-10H2,1-3H3. The van der Waals surface area contributed by atoms with E-state index in [0.29, 0.717) is 6.79 Å². The number of fused-ring (bicyclic) bond motifs is 1. The average molecular weight is 287 g/mol. The second-order valence-corrected chi connectivity index (χ2v) is 5.33. The summed E-state index contributed by atoms with van der Waals surface area (Å²) in [4.78, 5) is 0. The average Bonchev–Trinajstić information content (AvgIpc) is 3.04. The monoisotopic (exact) mass is 287 g/mol. The highest BCUT2D eigenvalue weighted by Crippen LogP contribution is 2.34. The van der Waals surface area contributed by atoms with E-state index in [9.17, 15) is 0 Å². The summed E-state index contributed by atoms with van der Waals surface area (Å²) in [5.74, 6) is 1.64. The molecule has 1 aliphatic heterocycles. The molecule has 0 bridgehead atoms. The molecule has 0 fully saturated rings. The quantitative estimate of drug-likeness (QED) is 0.918. The van der Waals surface area contributed by atoms with Gasteiger partial charge in [0.25, 0.3) is 0 Å². The van der Waals surface area contributed by atoms with Gasteiger partial charge in [0.1, 0.15) is 0 Å². The number of benzene rings is 1. The molecule has 112 valence electrons. The maximum atomic E-state index is 5.47. The molecule has 0 aliphatic carbocycles. The van der Waals surface area contributed by atoms with Gasteiger partial charge in [0.05, 0.1) is 18.3 Å². The number of hydrogen-bond acceptors (Lipinski definition) is 4. The van der Waals surface area contributed by atoms with Gasteiger partial charge in [-0.15, -0.1) is 0 Å². The first kappa shape index (κ1) is 13.9. The first-order chi connectivity index (χ1) is 10.2. The van der Waals surface area contributed by atoms with Crippen LogP contribution in [0.3, 0.4) is 0 Å². The minimum absolute atomic E-state index is 0.197. The zero-order valence-corrected chi connectivity index (χ0v) is 12.7. The van der Waals surface area contributed by atoms with Crippen molar-refractivity contribution >= 4 is 0 Å². The maximum Gasteiger partial charge on any atom is 0.231 e. The Balaban J connectivity index is 1.85. The summed E-state index contributed by atoms with van der Waals surface area (Å²) < 4.78 is 12.9. The number of aryl methyl sites for hydroxylation is 2. The largest absolute Gasteiger partial charge is 0.454 e. The van der Waals surface area contributed by atoms with Gasteiger partial charge in [-0.2, -0.15) is 5.10 Å². The van der Waals surface area contributed by atoms with Crippen molar-refractivity contribution in [1.29, 1.82) is 0 Å². The molecule has 1 atom stereocenters. The van der Waals surface area contributed by atoms with Crippen molar-refractivity contribution in [2.45, 2.75) is 33.4 Å².